The molecule has 35 heavy (non-hydrogen) atoms. The Bertz CT molecular complexity index is 980. The van der Waals surface area contributed by atoms with E-state index in [1.54, 1.807) is 0 Å². The Morgan fingerprint density at radius 2 is 1.49 bits per heavy atom. The monoisotopic (exact) mass is 544 g/mol. The second-order valence-corrected chi connectivity index (χ2v) is 10.5. The zero-order valence-electron chi connectivity index (χ0n) is 21.1. The molecule has 6 heteroatoms. The molecule has 5 nitrogen and oxygen atoms in total. The van der Waals surface area contributed by atoms with Gasteiger partial charge < -0.3 is 14.2 Å². The van der Waals surface area contributed by atoms with Crippen molar-refractivity contribution in [2.45, 2.75) is 96.8 Å². The van der Waals surface area contributed by atoms with Crippen LogP contribution in [0.25, 0.3) is 0 Å². The number of rotatable bonds is 11. The number of carbonyl (C=O) groups excluding carboxylic acids is 2. The van der Waals surface area contributed by atoms with Gasteiger partial charge in [-0.05, 0) is 59.8 Å². The van der Waals surface area contributed by atoms with Gasteiger partial charge in [-0.1, -0.05) is 39.0 Å². The van der Waals surface area contributed by atoms with Crippen LogP contribution in [-0.2, 0) is 14.3 Å². The molecule has 0 saturated heterocycles. The van der Waals surface area contributed by atoms with Crippen molar-refractivity contribution in [3.8, 4) is 11.5 Å². The van der Waals surface area contributed by atoms with Crippen LogP contribution in [-0.4, -0.2) is 24.8 Å². The Kier molecular flexibility index (Phi) is 9.10. The molecule has 0 unspecified atom stereocenters. The summed E-state index contributed by atoms with van der Waals surface area (Å²) in [7, 11) is 0. The number of benzene rings is 1. The Morgan fingerprint density at radius 1 is 0.857 bits per heavy atom. The van der Waals surface area contributed by atoms with Crippen molar-refractivity contribution in [2.75, 3.05) is 13.2 Å². The quantitative estimate of drug-likeness (QED) is 0.267. The fraction of sp³-hybridized carbons (Fsp3) is 0.586. The minimum Gasteiger partial charge on any atom is -0.490 e. The van der Waals surface area contributed by atoms with Gasteiger partial charge in [0.25, 0.3) is 0 Å². The van der Waals surface area contributed by atoms with Gasteiger partial charge in [0.2, 0.25) is 0 Å². The van der Waals surface area contributed by atoms with Crippen molar-refractivity contribution in [1.29, 1.82) is 0 Å². The molecule has 0 bridgehead atoms. The molecule has 0 atom stereocenters. The molecule has 0 radical (unpaired) electrons. The first-order chi connectivity index (χ1) is 17.0. The van der Waals surface area contributed by atoms with E-state index in [4.69, 9.17) is 14.2 Å². The smallest absolute Gasteiger partial charge is 0.175 e. The summed E-state index contributed by atoms with van der Waals surface area (Å²) in [4.78, 5) is 26.2. The lowest BCUT2D eigenvalue weighted by Gasteiger charge is -2.36. The molecule has 0 fully saturated rings. The van der Waals surface area contributed by atoms with Gasteiger partial charge in [-0.25, -0.2) is 0 Å². The highest BCUT2D eigenvalue weighted by molar-refractivity contribution is 9.10. The number of allylic oxidation sites excluding steroid dienone is 4. The van der Waals surface area contributed by atoms with Gasteiger partial charge in [0.05, 0.1) is 17.7 Å². The van der Waals surface area contributed by atoms with Crippen molar-refractivity contribution in [1.82, 2.24) is 0 Å². The summed E-state index contributed by atoms with van der Waals surface area (Å²) in [5.74, 6) is 2.58. The zero-order valence-corrected chi connectivity index (χ0v) is 22.6. The molecular weight excluding hydrogens is 508 g/mol. The fourth-order valence-corrected chi connectivity index (χ4v) is 5.94. The first-order valence-electron chi connectivity index (χ1n) is 13.3. The number of hydrogen-bond donors (Lipinski definition) is 0. The number of unbranched alkanes of at least 4 members (excludes halogenated alkanes) is 5. The number of ketones is 2. The highest BCUT2D eigenvalue weighted by Crippen LogP contribution is 2.50. The Balaban J connectivity index is 1.64. The summed E-state index contributed by atoms with van der Waals surface area (Å²) >= 11 is 3.71. The van der Waals surface area contributed by atoms with Crippen LogP contribution in [0.5, 0.6) is 11.5 Å². The molecule has 0 spiro atoms. The number of carbonyl (C=O) groups is 2. The Morgan fingerprint density at radius 3 is 2.11 bits per heavy atom. The molecule has 2 aliphatic carbocycles. The number of halogens is 1. The second-order valence-electron chi connectivity index (χ2n) is 9.64. The van der Waals surface area contributed by atoms with Crippen molar-refractivity contribution >= 4 is 27.5 Å². The first kappa shape index (κ1) is 26.0. The van der Waals surface area contributed by atoms with Crippen LogP contribution in [0.1, 0.15) is 102 Å². The molecule has 4 rings (SSSR count). The van der Waals surface area contributed by atoms with E-state index in [2.05, 4.69) is 22.9 Å². The van der Waals surface area contributed by atoms with Crippen LogP contribution < -0.4 is 9.47 Å². The van der Waals surface area contributed by atoms with E-state index >= 15 is 0 Å². The van der Waals surface area contributed by atoms with Crippen LogP contribution in [0.3, 0.4) is 0 Å². The van der Waals surface area contributed by atoms with E-state index < -0.39 is 5.92 Å². The van der Waals surface area contributed by atoms with Crippen LogP contribution in [0.2, 0.25) is 0 Å². The molecule has 1 aromatic carbocycles. The predicted molar refractivity (Wildman–Crippen MR) is 140 cm³/mol. The van der Waals surface area contributed by atoms with Gasteiger partial charge in [-0.2, -0.15) is 0 Å². The molecule has 1 aliphatic heterocycles. The maximum atomic E-state index is 13.1. The summed E-state index contributed by atoms with van der Waals surface area (Å²) in [6, 6.07) is 3.95. The fourth-order valence-electron chi connectivity index (χ4n) is 5.37. The predicted octanol–water partition coefficient (Wildman–Crippen LogP) is 7.72. The average Bonchev–Trinajstić information content (AvgIpc) is 2.84. The van der Waals surface area contributed by atoms with Gasteiger partial charge in [-0.3, -0.25) is 9.59 Å². The Hall–Kier alpha value is -2.08. The van der Waals surface area contributed by atoms with E-state index in [1.165, 1.54) is 25.7 Å². The summed E-state index contributed by atoms with van der Waals surface area (Å²) in [5, 5.41) is 0. The molecule has 1 aromatic rings. The van der Waals surface area contributed by atoms with E-state index in [-0.39, 0.29) is 11.6 Å². The minimum atomic E-state index is -0.405. The largest absolute Gasteiger partial charge is 0.490 e. The average molecular weight is 546 g/mol. The highest BCUT2D eigenvalue weighted by Gasteiger charge is 2.42. The SMILES string of the molecule is CCCCCCCCOc1c(Br)cc(C2C3=C(CCCC3=O)OC3=C2C(=O)CCC3)cc1OCC. The lowest BCUT2D eigenvalue weighted by molar-refractivity contribution is -0.117. The topological polar surface area (TPSA) is 61.8 Å². The molecule has 1 heterocycles. The van der Waals surface area contributed by atoms with Crippen LogP contribution >= 0.6 is 15.9 Å². The lowest BCUT2D eigenvalue weighted by atomic mass is 9.73. The van der Waals surface area contributed by atoms with E-state index in [1.807, 2.05) is 19.1 Å². The molecule has 0 amide bonds. The van der Waals surface area contributed by atoms with Gasteiger partial charge >= 0.3 is 0 Å². The van der Waals surface area contributed by atoms with E-state index in [9.17, 15) is 9.59 Å². The van der Waals surface area contributed by atoms with E-state index in [0.29, 0.717) is 48.7 Å². The summed E-state index contributed by atoms with van der Waals surface area (Å²) in [5.41, 5.74) is 2.18. The molecule has 0 saturated carbocycles. The molecular formula is C29H37BrO5. The maximum Gasteiger partial charge on any atom is 0.175 e. The van der Waals surface area contributed by atoms with Crippen molar-refractivity contribution in [3.63, 3.8) is 0 Å². The van der Waals surface area contributed by atoms with Gasteiger partial charge in [0.1, 0.15) is 11.5 Å². The lowest BCUT2D eigenvalue weighted by Crippen LogP contribution is -2.30. The van der Waals surface area contributed by atoms with Crippen LogP contribution in [0.15, 0.2) is 39.3 Å². The summed E-state index contributed by atoms with van der Waals surface area (Å²) in [6.45, 7) is 5.30. The van der Waals surface area contributed by atoms with Crippen molar-refractivity contribution < 1.29 is 23.8 Å². The minimum absolute atomic E-state index is 0.0821. The third-order valence-corrected chi connectivity index (χ3v) is 7.64. The van der Waals surface area contributed by atoms with Crippen molar-refractivity contribution in [2.24, 2.45) is 0 Å². The first-order valence-corrected chi connectivity index (χ1v) is 14.1. The second kappa shape index (κ2) is 12.2. The third-order valence-electron chi connectivity index (χ3n) is 7.05. The van der Waals surface area contributed by atoms with Crippen molar-refractivity contribution in [3.05, 3.63) is 44.8 Å². The molecule has 190 valence electrons. The number of Topliss-reactive ketones (excluding diaryl/α,β-unsaturated/α-hetero) is 2. The third kappa shape index (κ3) is 5.84. The van der Waals surface area contributed by atoms with Crippen LogP contribution in [0, 0.1) is 0 Å². The summed E-state index contributed by atoms with van der Waals surface area (Å²) in [6.07, 6.45) is 11.2. The molecule has 3 aliphatic rings. The zero-order chi connectivity index (χ0) is 24.8. The maximum absolute atomic E-state index is 13.1. The number of hydrogen-bond acceptors (Lipinski definition) is 5. The Labute approximate surface area is 217 Å². The van der Waals surface area contributed by atoms with Gasteiger partial charge in [0, 0.05) is 42.7 Å². The normalized spacial score (nSPS) is 18.4. The van der Waals surface area contributed by atoms with E-state index in [0.717, 1.165) is 60.1 Å². The number of ether oxygens (including phenoxy) is 3. The summed E-state index contributed by atoms with van der Waals surface area (Å²) < 4.78 is 19.1. The highest BCUT2D eigenvalue weighted by atomic mass is 79.9. The van der Waals surface area contributed by atoms with Gasteiger partial charge in [0.15, 0.2) is 23.1 Å². The van der Waals surface area contributed by atoms with Gasteiger partial charge in [-0.15, -0.1) is 0 Å². The molecule has 0 N–H and O–H groups in total. The standard InChI is InChI=1S/C29H37BrO5/c1-3-5-6-7-8-9-16-34-29-20(30)17-19(18-25(29)33-4-2)26-27-21(31)12-10-14-23(27)35-24-15-11-13-22(32)28(24)26/h17-18,26H,3-16H2,1-2H3. The molecule has 0 aromatic heterocycles. The van der Waals surface area contributed by atoms with Crippen LogP contribution in [0.4, 0.5) is 0 Å².